The number of fused-ring (bicyclic) bond motifs is 2. The second kappa shape index (κ2) is 11.2. The van der Waals surface area contributed by atoms with Gasteiger partial charge in [0.2, 0.25) is 6.17 Å². The van der Waals surface area contributed by atoms with Crippen LogP contribution in [0.25, 0.3) is 10.8 Å². The maximum atomic E-state index is 13.6. The number of nitrogens with zero attached hydrogens (tertiary/aromatic N) is 4. The van der Waals surface area contributed by atoms with Crippen LogP contribution in [-0.2, 0) is 9.53 Å². The van der Waals surface area contributed by atoms with Crippen LogP contribution in [0.3, 0.4) is 0 Å². The first kappa shape index (κ1) is 26.2. The van der Waals surface area contributed by atoms with Gasteiger partial charge in [-0.3, -0.25) is 9.78 Å². The van der Waals surface area contributed by atoms with Crippen molar-refractivity contribution in [3.05, 3.63) is 95.3 Å². The van der Waals surface area contributed by atoms with E-state index in [2.05, 4.69) is 38.7 Å². The minimum atomic E-state index is -0.967. The Hall–Kier alpha value is -4.05. The molecule has 2 aliphatic heterocycles. The summed E-state index contributed by atoms with van der Waals surface area (Å²) in [7, 11) is 1.72. The number of anilines is 3. The van der Waals surface area contributed by atoms with Crippen molar-refractivity contribution in [3.63, 3.8) is 0 Å². The summed E-state index contributed by atoms with van der Waals surface area (Å²) in [4.78, 5) is 26.6. The van der Waals surface area contributed by atoms with Gasteiger partial charge in [-0.25, -0.2) is 4.99 Å². The zero-order valence-corrected chi connectivity index (χ0v) is 23.4. The molecule has 1 atom stereocenters. The van der Waals surface area contributed by atoms with Crippen molar-refractivity contribution in [1.82, 2.24) is 10.3 Å². The molecule has 3 heterocycles. The number of halogens is 1. The van der Waals surface area contributed by atoms with E-state index >= 15 is 0 Å². The molecule has 6 rings (SSSR count). The van der Waals surface area contributed by atoms with Gasteiger partial charge in [0.1, 0.15) is 0 Å². The highest BCUT2D eigenvalue weighted by Crippen LogP contribution is 2.33. The molecular weight excluding hydrogens is 544 g/mol. The van der Waals surface area contributed by atoms with Gasteiger partial charge < -0.3 is 25.2 Å². The summed E-state index contributed by atoms with van der Waals surface area (Å²) in [6.07, 6.45) is 2.44. The summed E-state index contributed by atoms with van der Waals surface area (Å²) in [6.45, 7) is 3.12. The molecule has 1 unspecified atom stereocenters. The third-order valence-corrected chi connectivity index (χ3v) is 7.56. The van der Waals surface area contributed by atoms with Gasteiger partial charge in [0.25, 0.3) is 5.91 Å². The Morgan fingerprint density at radius 2 is 1.80 bits per heavy atom. The first-order valence-electron chi connectivity index (χ1n) is 13.0. The highest BCUT2D eigenvalue weighted by Gasteiger charge is 2.31. The smallest absolute Gasteiger partial charge is 0.272 e. The molecule has 4 aromatic rings. The molecule has 10 heteroatoms. The summed E-state index contributed by atoms with van der Waals surface area (Å²) in [5, 5.41) is 9.43. The van der Waals surface area contributed by atoms with E-state index in [0.717, 1.165) is 46.4 Å². The van der Waals surface area contributed by atoms with E-state index in [-0.39, 0.29) is 11.0 Å². The Balaban J connectivity index is 1.31. The van der Waals surface area contributed by atoms with E-state index in [9.17, 15) is 4.79 Å². The third kappa shape index (κ3) is 5.11. The van der Waals surface area contributed by atoms with Crippen molar-refractivity contribution in [3.8, 4) is 0 Å². The van der Waals surface area contributed by atoms with Gasteiger partial charge in [-0.1, -0.05) is 35.9 Å². The highest BCUT2D eigenvalue weighted by atomic mass is 35.5. The lowest BCUT2D eigenvalue weighted by atomic mass is 10.0. The second-order valence-electron chi connectivity index (χ2n) is 9.56. The number of benzodiazepines with no additional fused rings is 1. The largest absolute Gasteiger partial charge is 0.378 e. The molecular formula is C30H27ClN6O2S. The molecule has 0 bridgehead atoms. The molecule has 1 saturated heterocycles. The molecule has 0 saturated carbocycles. The van der Waals surface area contributed by atoms with Crippen LogP contribution in [0.15, 0.2) is 84.1 Å². The number of ether oxygens (including phenoxy) is 1. The highest BCUT2D eigenvalue weighted by molar-refractivity contribution is 7.80. The van der Waals surface area contributed by atoms with Gasteiger partial charge in [-0.05, 0) is 54.7 Å². The topological polar surface area (TPSA) is 82.1 Å². The number of rotatable bonds is 4. The average Bonchev–Trinajstić information content (AvgIpc) is 3.08. The first-order valence-corrected chi connectivity index (χ1v) is 13.8. The SMILES string of the molecule is CN1C(=O)C(NC(=S)Nc2ccc(N3CCOCC3)c3ccccc23)N=C(c2cccnc2)c2cc(Cl)ccc21. The van der Waals surface area contributed by atoms with Crippen molar-refractivity contribution in [2.24, 2.45) is 4.99 Å². The van der Waals surface area contributed by atoms with Crippen molar-refractivity contribution in [1.29, 1.82) is 0 Å². The zero-order valence-electron chi connectivity index (χ0n) is 21.8. The maximum Gasteiger partial charge on any atom is 0.272 e. The summed E-state index contributed by atoms with van der Waals surface area (Å²) in [5.74, 6) is -0.251. The van der Waals surface area contributed by atoms with Gasteiger partial charge in [0.05, 0.1) is 24.6 Å². The lowest BCUT2D eigenvalue weighted by Gasteiger charge is -2.30. The fraction of sp³-hybridized carbons (Fsp3) is 0.200. The lowest BCUT2D eigenvalue weighted by molar-refractivity contribution is -0.119. The molecule has 2 N–H and O–H groups in total. The number of thiocarbonyl (C=S) groups is 1. The van der Waals surface area contributed by atoms with E-state index in [1.54, 1.807) is 30.4 Å². The number of hydrogen-bond donors (Lipinski definition) is 2. The normalized spacial score (nSPS) is 17.2. The van der Waals surface area contributed by atoms with Crippen molar-refractivity contribution in [2.75, 3.05) is 48.5 Å². The molecule has 0 spiro atoms. The Morgan fingerprint density at radius 1 is 1.02 bits per heavy atom. The van der Waals surface area contributed by atoms with Crippen LogP contribution < -0.4 is 20.4 Å². The summed E-state index contributed by atoms with van der Waals surface area (Å²) in [6, 6.07) is 21.5. The number of carbonyl (C=O) groups is 1. The van der Waals surface area contributed by atoms with Crippen molar-refractivity contribution < 1.29 is 9.53 Å². The van der Waals surface area contributed by atoms with Crippen LogP contribution in [-0.4, -0.2) is 61.2 Å². The van der Waals surface area contributed by atoms with Crippen LogP contribution >= 0.6 is 23.8 Å². The van der Waals surface area contributed by atoms with Gasteiger partial charge in [0, 0.05) is 70.8 Å². The number of pyridine rings is 1. The number of nitrogens with one attached hydrogen (secondary N) is 2. The fourth-order valence-corrected chi connectivity index (χ4v) is 5.52. The van der Waals surface area contributed by atoms with Crippen LogP contribution in [0.5, 0.6) is 0 Å². The summed E-state index contributed by atoms with van der Waals surface area (Å²) in [5.41, 5.74) is 4.81. The number of morpholine rings is 1. The van der Waals surface area contributed by atoms with E-state index in [1.165, 1.54) is 0 Å². The lowest BCUT2D eigenvalue weighted by Crippen LogP contribution is -2.47. The Bertz CT molecular complexity index is 1620. The summed E-state index contributed by atoms with van der Waals surface area (Å²) >= 11 is 12.1. The van der Waals surface area contributed by atoms with E-state index in [0.29, 0.717) is 29.6 Å². The van der Waals surface area contributed by atoms with Crippen LogP contribution in [0.2, 0.25) is 5.02 Å². The van der Waals surface area contributed by atoms with Gasteiger partial charge in [0.15, 0.2) is 5.11 Å². The molecule has 8 nitrogen and oxygen atoms in total. The fourth-order valence-electron chi connectivity index (χ4n) is 5.13. The molecule has 1 amide bonds. The number of aliphatic imine (C=N–C) groups is 1. The molecule has 2 aliphatic rings. The predicted molar refractivity (Wildman–Crippen MR) is 165 cm³/mol. The molecule has 1 fully saturated rings. The average molecular weight is 571 g/mol. The zero-order chi connectivity index (χ0) is 27.6. The number of likely N-dealkylation sites (N-methyl/N-ethyl adjacent to an activating group) is 1. The molecule has 40 heavy (non-hydrogen) atoms. The number of amides is 1. The standard InChI is InChI=1S/C30H27ClN6O2S/c1-36-25-10-8-20(31)17-23(25)27(19-5-4-12-32-18-19)34-28(29(36)38)35-30(40)33-24-9-11-26(37-13-15-39-16-14-37)22-7-3-2-6-21(22)24/h2-12,17-18,28H,13-16H2,1H3,(H2,33,35,40). The van der Waals surface area contributed by atoms with Gasteiger partial charge in [-0.2, -0.15) is 0 Å². The summed E-state index contributed by atoms with van der Waals surface area (Å²) < 4.78 is 5.54. The second-order valence-corrected chi connectivity index (χ2v) is 10.4. The number of carbonyl (C=O) groups excluding carboxylic acids is 1. The van der Waals surface area contributed by atoms with Crippen molar-refractivity contribution in [2.45, 2.75) is 6.17 Å². The van der Waals surface area contributed by atoms with Crippen LogP contribution in [0.1, 0.15) is 11.1 Å². The van der Waals surface area contributed by atoms with E-state index in [4.69, 9.17) is 33.5 Å². The predicted octanol–water partition coefficient (Wildman–Crippen LogP) is 4.85. The number of hydrogen-bond acceptors (Lipinski definition) is 6. The van der Waals surface area contributed by atoms with E-state index in [1.807, 2.05) is 42.5 Å². The van der Waals surface area contributed by atoms with Crippen molar-refractivity contribution >= 4 is 68.4 Å². The van der Waals surface area contributed by atoms with Gasteiger partial charge >= 0.3 is 0 Å². The Labute approximate surface area is 242 Å². The maximum absolute atomic E-state index is 13.6. The molecule has 0 radical (unpaired) electrons. The minimum Gasteiger partial charge on any atom is -0.378 e. The number of aromatic nitrogens is 1. The number of benzene rings is 3. The van der Waals surface area contributed by atoms with Crippen LogP contribution in [0, 0.1) is 0 Å². The molecule has 1 aromatic heterocycles. The molecule has 3 aromatic carbocycles. The van der Waals surface area contributed by atoms with E-state index < -0.39 is 6.17 Å². The Morgan fingerprint density at radius 3 is 2.58 bits per heavy atom. The Kier molecular flexibility index (Phi) is 7.34. The third-order valence-electron chi connectivity index (χ3n) is 7.10. The molecule has 0 aliphatic carbocycles. The minimum absolute atomic E-state index is 0.251. The first-order chi connectivity index (χ1) is 19.5. The van der Waals surface area contributed by atoms with Gasteiger partial charge in [-0.15, -0.1) is 0 Å². The van der Waals surface area contributed by atoms with Crippen LogP contribution in [0.4, 0.5) is 17.1 Å². The monoisotopic (exact) mass is 570 g/mol. The quantitative estimate of drug-likeness (QED) is 0.339. The molecule has 202 valence electrons.